The Balaban J connectivity index is 1.99. The molecule has 0 saturated heterocycles. The lowest BCUT2D eigenvalue weighted by Gasteiger charge is -2.03. The molecular formula is C11H19NO2. The minimum atomic E-state index is 0.771. The van der Waals surface area contributed by atoms with Gasteiger partial charge in [0.1, 0.15) is 11.5 Å². The largest absolute Gasteiger partial charge is 0.465 e. The second-order valence-corrected chi connectivity index (χ2v) is 3.30. The molecule has 1 aromatic heterocycles. The van der Waals surface area contributed by atoms with Crippen LogP contribution in [-0.4, -0.2) is 19.8 Å². The number of hydrogen-bond donors (Lipinski definition) is 1. The highest BCUT2D eigenvalue weighted by Crippen LogP contribution is 2.04. The summed E-state index contributed by atoms with van der Waals surface area (Å²) in [7, 11) is 0. The Morgan fingerprint density at radius 3 is 2.86 bits per heavy atom. The molecule has 0 aromatic carbocycles. The Morgan fingerprint density at radius 2 is 2.21 bits per heavy atom. The lowest BCUT2D eigenvalue weighted by atomic mass is 10.4. The van der Waals surface area contributed by atoms with Crippen molar-refractivity contribution in [3.05, 3.63) is 23.7 Å². The molecule has 1 N–H and O–H groups in total. The smallest absolute Gasteiger partial charge is 0.117 e. The third-order valence-electron chi connectivity index (χ3n) is 1.87. The van der Waals surface area contributed by atoms with E-state index in [2.05, 4.69) is 12.2 Å². The van der Waals surface area contributed by atoms with Crippen LogP contribution in [0.1, 0.15) is 24.9 Å². The molecule has 0 fully saturated rings. The molecule has 1 aromatic rings. The standard InChI is InChI=1S/C11H19NO2/c1-3-7-13-8-6-12-9-11-5-4-10(2)14-11/h4-5,12H,3,6-9H2,1-2H3. The average Bonchev–Trinajstić information content (AvgIpc) is 2.58. The van der Waals surface area contributed by atoms with Crippen LogP contribution in [-0.2, 0) is 11.3 Å². The zero-order valence-corrected chi connectivity index (χ0v) is 9.01. The van der Waals surface area contributed by atoms with Gasteiger partial charge in [0.25, 0.3) is 0 Å². The third-order valence-corrected chi connectivity index (χ3v) is 1.87. The maximum atomic E-state index is 5.41. The van der Waals surface area contributed by atoms with Gasteiger partial charge in [-0.1, -0.05) is 6.92 Å². The highest BCUT2D eigenvalue weighted by Gasteiger charge is 1.96. The summed E-state index contributed by atoms with van der Waals surface area (Å²) in [5, 5.41) is 3.26. The van der Waals surface area contributed by atoms with Crippen molar-refractivity contribution in [1.82, 2.24) is 5.32 Å². The van der Waals surface area contributed by atoms with E-state index >= 15 is 0 Å². The van der Waals surface area contributed by atoms with Crippen LogP contribution in [0.2, 0.25) is 0 Å². The van der Waals surface area contributed by atoms with Gasteiger partial charge < -0.3 is 14.5 Å². The zero-order valence-electron chi connectivity index (χ0n) is 9.01. The van der Waals surface area contributed by atoms with Crippen molar-refractivity contribution in [2.75, 3.05) is 19.8 Å². The highest BCUT2D eigenvalue weighted by atomic mass is 16.5. The van der Waals surface area contributed by atoms with Crippen LogP contribution in [0.3, 0.4) is 0 Å². The molecule has 80 valence electrons. The second kappa shape index (κ2) is 6.62. The number of rotatable bonds is 7. The van der Waals surface area contributed by atoms with Crippen molar-refractivity contribution < 1.29 is 9.15 Å². The maximum Gasteiger partial charge on any atom is 0.117 e. The van der Waals surface area contributed by atoms with E-state index < -0.39 is 0 Å². The molecule has 0 aliphatic rings. The fourth-order valence-electron chi connectivity index (χ4n) is 1.18. The van der Waals surface area contributed by atoms with Crippen molar-refractivity contribution in [3.63, 3.8) is 0 Å². The van der Waals surface area contributed by atoms with Gasteiger partial charge in [-0.3, -0.25) is 0 Å². The van der Waals surface area contributed by atoms with Crippen molar-refractivity contribution in [2.24, 2.45) is 0 Å². The monoisotopic (exact) mass is 197 g/mol. The molecule has 0 aliphatic carbocycles. The number of hydrogen-bond acceptors (Lipinski definition) is 3. The van der Waals surface area contributed by atoms with Crippen LogP contribution in [0.15, 0.2) is 16.5 Å². The molecule has 3 nitrogen and oxygen atoms in total. The van der Waals surface area contributed by atoms with Gasteiger partial charge in [0.2, 0.25) is 0 Å². The molecule has 14 heavy (non-hydrogen) atoms. The molecule has 3 heteroatoms. The first-order chi connectivity index (χ1) is 6.83. The average molecular weight is 197 g/mol. The van der Waals surface area contributed by atoms with Gasteiger partial charge in [0.05, 0.1) is 13.2 Å². The van der Waals surface area contributed by atoms with Gasteiger partial charge in [-0.05, 0) is 25.5 Å². The molecule has 1 rings (SSSR count). The summed E-state index contributed by atoms with van der Waals surface area (Å²) >= 11 is 0. The van der Waals surface area contributed by atoms with E-state index in [9.17, 15) is 0 Å². The van der Waals surface area contributed by atoms with Crippen LogP contribution in [0.25, 0.3) is 0 Å². The Bertz CT molecular complexity index is 245. The summed E-state index contributed by atoms with van der Waals surface area (Å²) in [6, 6.07) is 3.97. The first kappa shape index (κ1) is 11.3. The molecule has 0 saturated carbocycles. The minimum absolute atomic E-state index is 0.771. The van der Waals surface area contributed by atoms with Crippen LogP contribution in [0, 0.1) is 6.92 Å². The first-order valence-corrected chi connectivity index (χ1v) is 5.16. The molecule has 1 heterocycles. The molecule has 0 spiro atoms. The number of ether oxygens (including phenoxy) is 1. The van der Waals surface area contributed by atoms with E-state index in [1.165, 1.54) is 0 Å². The molecular weight excluding hydrogens is 178 g/mol. The topological polar surface area (TPSA) is 34.4 Å². The van der Waals surface area contributed by atoms with Crippen molar-refractivity contribution in [3.8, 4) is 0 Å². The van der Waals surface area contributed by atoms with Gasteiger partial charge in [0.15, 0.2) is 0 Å². The lowest BCUT2D eigenvalue weighted by molar-refractivity contribution is 0.136. The Labute approximate surface area is 85.4 Å². The third kappa shape index (κ3) is 4.44. The predicted octanol–water partition coefficient (Wildman–Crippen LogP) is 2.10. The summed E-state index contributed by atoms with van der Waals surface area (Å²) in [4.78, 5) is 0. The van der Waals surface area contributed by atoms with Crippen molar-refractivity contribution in [1.29, 1.82) is 0 Å². The molecule has 0 atom stereocenters. The molecule has 0 radical (unpaired) electrons. The Morgan fingerprint density at radius 1 is 1.36 bits per heavy atom. The van der Waals surface area contributed by atoms with Gasteiger partial charge in [0, 0.05) is 13.2 Å². The summed E-state index contributed by atoms with van der Waals surface area (Å²) in [5.74, 6) is 1.95. The predicted molar refractivity (Wildman–Crippen MR) is 56.3 cm³/mol. The van der Waals surface area contributed by atoms with Gasteiger partial charge >= 0.3 is 0 Å². The molecule has 0 aliphatic heterocycles. The summed E-state index contributed by atoms with van der Waals surface area (Å²) < 4.78 is 10.7. The SMILES string of the molecule is CCCOCCNCc1ccc(C)o1. The van der Waals surface area contributed by atoms with Crippen LogP contribution in [0.5, 0.6) is 0 Å². The summed E-state index contributed by atoms with van der Waals surface area (Å²) in [5.41, 5.74) is 0. The van der Waals surface area contributed by atoms with Gasteiger partial charge in [-0.15, -0.1) is 0 Å². The van der Waals surface area contributed by atoms with E-state index in [0.717, 1.165) is 44.2 Å². The summed E-state index contributed by atoms with van der Waals surface area (Å²) in [6.07, 6.45) is 1.08. The number of furan rings is 1. The van der Waals surface area contributed by atoms with Crippen LogP contribution < -0.4 is 5.32 Å². The molecule has 0 unspecified atom stereocenters. The Hall–Kier alpha value is -0.800. The summed E-state index contributed by atoms with van der Waals surface area (Å²) in [6.45, 7) is 7.34. The fourth-order valence-corrected chi connectivity index (χ4v) is 1.18. The number of nitrogens with one attached hydrogen (secondary N) is 1. The van der Waals surface area contributed by atoms with Crippen LogP contribution >= 0.6 is 0 Å². The van der Waals surface area contributed by atoms with E-state index in [0.29, 0.717) is 0 Å². The lowest BCUT2D eigenvalue weighted by Crippen LogP contribution is -2.19. The molecule has 0 amide bonds. The number of aryl methyl sites for hydroxylation is 1. The van der Waals surface area contributed by atoms with E-state index in [-0.39, 0.29) is 0 Å². The highest BCUT2D eigenvalue weighted by molar-refractivity contribution is 5.04. The van der Waals surface area contributed by atoms with Crippen LogP contribution in [0.4, 0.5) is 0 Å². The Kier molecular flexibility index (Phi) is 5.33. The van der Waals surface area contributed by atoms with E-state index in [1.54, 1.807) is 0 Å². The zero-order chi connectivity index (χ0) is 10.2. The maximum absolute atomic E-state index is 5.41. The van der Waals surface area contributed by atoms with Crippen molar-refractivity contribution in [2.45, 2.75) is 26.8 Å². The van der Waals surface area contributed by atoms with E-state index in [4.69, 9.17) is 9.15 Å². The normalized spacial score (nSPS) is 10.7. The molecule has 0 bridgehead atoms. The van der Waals surface area contributed by atoms with Gasteiger partial charge in [-0.25, -0.2) is 0 Å². The van der Waals surface area contributed by atoms with E-state index in [1.807, 2.05) is 19.1 Å². The second-order valence-electron chi connectivity index (χ2n) is 3.30. The first-order valence-electron chi connectivity index (χ1n) is 5.16. The van der Waals surface area contributed by atoms with Crippen molar-refractivity contribution >= 4 is 0 Å². The minimum Gasteiger partial charge on any atom is -0.465 e. The fraction of sp³-hybridized carbons (Fsp3) is 0.636. The van der Waals surface area contributed by atoms with Gasteiger partial charge in [-0.2, -0.15) is 0 Å². The quantitative estimate of drug-likeness (QED) is 0.680.